The molecule has 324 valence electrons. The first-order valence-electron chi connectivity index (χ1n) is 23.7. The Bertz CT molecular complexity index is 3760. The minimum Gasteiger partial charge on any atom is -0.337 e. The Morgan fingerprint density at radius 3 is 1.66 bits per heavy atom. The average Bonchev–Trinajstić information content (AvgIpc) is 3.95. The second kappa shape index (κ2) is 16.7. The highest BCUT2D eigenvalue weighted by molar-refractivity contribution is 6.23. The molecule has 2 unspecified atom stereocenters. The Balaban J connectivity index is 1.05. The first kappa shape index (κ1) is 39.8. The van der Waals surface area contributed by atoms with Crippen molar-refractivity contribution in [3.8, 4) is 39.1 Å². The van der Waals surface area contributed by atoms with Crippen LogP contribution in [-0.2, 0) is 0 Å². The number of benzene rings is 9. The Kier molecular flexibility index (Phi) is 9.80. The smallest absolute Gasteiger partial charge is 0.162 e. The Morgan fingerprint density at radius 1 is 0.441 bits per heavy atom. The quantitative estimate of drug-likeness (QED) is 0.160. The summed E-state index contributed by atoms with van der Waals surface area (Å²) in [5.41, 5.74) is 17.5. The molecule has 5 nitrogen and oxygen atoms in total. The summed E-state index contributed by atoms with van der Waals surface area (Å²) in [5.74, 6) is 0.838. The average molecular weight is 874 g/mol. The molecule has 2 aliphatic rings. The fourth-order valence-corrected chi connectivity index (χ4v) is 10.7. The Morgan fingerprint density at radius 2 is 1.00 bits per heavy atom. The van der Waals surface area contributed by atoms with Crippen LogP contribution >= 0.6 is 0 Å². The Hall–Kier alpha value is -8.51. The summed E-state index contributed by atoms with van der Waals surface area (Å²) in [5, 5.41) is 12.8. The molecule has 2 N–H and O–H groups in total. The van der Waals surface area contributed by atoms with E-state index < -0.39 is 0 Å². The maximum atomic E-state index is 5.39. The predicted molar refractivity (Wildman–Crippen MR) is 284 cm³/mol. The van der Waals surface area contributed by atoms with Crippen LogP contribution in [0.2, 0.25) is 0 Å². The van der Waals surface area contributed by atoms with E-state index in [0.29, 0.717) is 0 Å². The highest BCUT2D eigenvalue weighted by Crippen LogP contribution is 2.45. The van der Waals surface area contributed by atoms with Crippen molar-refractivity contribution in [1.29, 1.82) is 0 Å². The zero-order valence-electron chi connectivity index (χ0n) is 37.4. The number of para-hydroxylation sites is 2. The van der Waals surface area contributed by atoms with Crippen LogP contribution < -0.4 is 10.6 Å². The largest absolute Gasteiger partial charge is 0.337 e. The molecular weight excluding hydrogens is 827 g/mol. The van der Waals surface area contributed by atoms with Gasteiger partial charge in [-0.3, -0.25) is 5.32 Å². The van der Waals surface area contributed by atoms with Gasteiger partial charge < -0.3 is 14.5 Å². The zero-order chi connectivity index (χ0) is 45.0. The van der Waals surface area contributed by atoms with E-state index in [9.17, 15) is 0 Å². The summed E-state index contributed by atoms with van der Waals surface area (Å²) < 4.78 is 5.05. The van der Waals surface area contributed by atoms with Crippen LogP contribution in [0.25, 0.3) is 88.3 Å². The van der Waals surface area contributed by atoms with E-state index >= 15 is 0 Å². The lowest BCUT2D eigenvalue weighted by atomic mass is 9.89. The molecule has 0 saturated carbocycles. The maximum absolute atomic E-state index is 5.39. The van der Waals surface area contributed by atoms with Gasteiger partial charge in [0.25, 0.3) is 0 Å². The lowest BCUT2D eigenvalue weighted by Gasteiger charge is -2.34. The molecule has 2 aromatic heterocycles. The third kappa shape index (κ3) is 6.78. The van der Waals surface area contributed by atoms with E-state index in [-0.39, 0.29) is 12.5 Å². The molecule has 0 amide bonds. The van der Waals surface area contributed by atoms with Crippen molar-refractivity contribution in [3.05, 3.63) is 253 Å². The number of fused-ring (bicyclic) bond motifs is 7. The topological polar surface area (TPSA) is 46.3 Å². The van der Waals surface area contributed by atoms with Crippen LogP contribution in [0.1, 0.15) is 42.0 Å². The van der Waals surface area contributed by atoms with Gasteiger partial charge in [-0.2, -0.15) is 0 Å². The van der Waals surface area contributed by atoms with Crippen molar-refractivity contribution in [2.24, 2.45) is 4.99 Å². The molecule has 13 rings (SSSR count). The number of hydrogen-bond donors (Lipinski definition) is 2. The third-order valence-corrected chi connectivity index (χ3v) is 13.9. The first-order valence-corrected chi connectivity index (χ1v) is 23.7. The highest BCUT2D eigenvalue weighted by Gasteiger charge is 2.30. The molecule has 9 aromatic carbocycles. The number of rotatable bonds is 8. The number of amidine groups is 1. The molecule has 0 fully saturated rings. The molecule has 0 saturated heterocycles. The number of nitrogens with zero attached hydrogens (tertiary/aromatic N) is 3. The van der Waals surface area contributed by atoms with Gasteiger partial charge >= 0.3 is 0 Å². The number of aromatic nitrogens is 2. The molecule has 1 aliphatic heterocycles. The van der Waals surface area contributed by atoms with E-state index in [2.05, 4.69) is 256 Å². The van der Waals surface area contributed by atoms with Crippen molar-refractivity contribution in [3.63, 3.8) is 0 Å². The summed E-state index contributed by atoms with van der Waals surface area (Å²) in [7, 11) is 0. The fourth-order valence-electron chi connectivity index (χ4n) is 10.7. The minimum atomic E-state index is -0.376. The van der Waals surface area contributed by atoms with Gasteiger partial charge in [0.2, 0.25) is 0 Å². The van der Waals surface area contributed by atoms with E-state index in [1.165, 1.54) is 66.1 Å². The van der Waals surface area contributed by atoms with Crippen LogP contribution in [0, 0.1) is 0 Å². The van der Waals surface area contributed by atoms with Gasteiger partial charge in [0, 0.05) is 32.7 Å². The lowest BCUT2D eigenvalue weighted by molar-refractivity contribution is 0.330. The number of allylic oxidation sites excluding steroid dienone is 4. The van der Waals surface area contributed by atoms with E-state index in [1.54, 1.807) is 0 Å². The predicted octanol–water partition coefficient (Wildman–Crippen LogP) is 15.4. The van der Waals surface area contributed by atoms with Gasteiger partial charge in [-0.05, 0) is 75.6 Å². The van der Waals surface area contributed by atoms with Crippen LogP contribution in [0.3, 0.4) is 0 Å². The van der Waals surface area contributed by atoms with Crippen LogP contribution in [0.15, 0.2) is 242 Å². The van der Waals surface area contributed by atoms with Crippen molar-refractivity contribution in [2.45, 2.75) is 25.3 Å². The molecule has 11 aromatic rings. The van der Waals surface area contributed by atoms with Crippen LogP contribution in [0.4, 0.5) is 0 Å². The molecule has 3 heterocycles. The molecule has 0 spiro atoms. The highest BCUT2D eigenvalue weighted by atomic mass is 15.4. The van der Waals surface area contributed by atoms with Gasteiger partial charge in [-0.15, -0.1) is 0 Å². The molecule has 2 atom stereocenters. The lowest BCUT2D eigenvalue weighted by Crippen LogP contribution is -2.47. The number of nitrogens with one attached hydrogen (secondary N) is 2. The van der Waals surface area contributed by atoms with Crippen molar-refractivity contribution < 1.29 is 0 Å². The Labute approximate surface area is 395 Å². The summed E-state index contributed by atoms with van der Waals surface area (Å²) >= 11 is 0. The maximum Gasteiger partial charge on any atom is 0.162 e. The molecule has 0 bridgehead atoms. The number of aliphatic imine (C=N–C) groups is 1. The van der Waals surface area contributed by atoms with E-state index in [1.807, 2.05) is 0 Å². The standard InChI is InChI=1S/C63H47N5/c1-5-18-42(19-6-1)44-32-36-46(37-33-44)50-28-17-31-57(58(50)47-22-9-3-10-23-47)67-55-29-15-13-26-51(55)53-40-41-54-52-27-14-16-30-56(52)68(60(54)59(53)67)63-65-61(48-24-11-4-12-25-48)64-62(66-63)49-38-34-45(35-39-49)43-20-7-2-8-21-43/h1-2,4-9,11-41,61,63,65H,3,10H2,(H,64,66). The van der Waals surface area contributed by atoms with Gasteiger partial charge in [0.15, 0.2) is 6.29 Å². The third-order valence-electron chi connectivity index (χ3n) is 13.9. The van der Waals surface area contributed by atoms with E-state index in [0.717, 1.165) is 57.6 Å². The fraction of sp³-hybridized carbons (Fsp3) is 0.0635. The van der Waals surface area contributed by atoms with Crippen LogP contribution in [0.5, 0.6) is 0 Å². The molecular formula is C63H47N5. The second-order valence-electron chi connectivity index (χ2n) is 17.8. The molecule has 1 aliphatic carbocycles. The zero-order valence-corrected chi connectivity index (χ0v) is 37.4. The minimum absolute atomic E-state index is 0.311. The second-order valence-corrected chi connectivity index (χ2v) is 17.8. The normalized spacial score (nSPS) is 16.0. The van der Waals surface area contributed by atoms with Crippen LogP contribution in [-0.4, -0.2) is 15.0 Å². The summed E-state index contributed by atoms with van der Waals surface area (Å²) in [6, 6.07) is 79.0. The van der Waals surface area contributed by atoms with Gasteiger partial charge in [0.05, 0.1) is 27.8 Å². The number of hydrogen-bond acceptors (Lipinski definition) is 3. The van der Waals surface area contributed by atoms with Gasteiger partial charge in [-0.25, -0.2) is 4.99 Å². The van der Waals surface area contributed by atoms with Crippen molar-refractivity contribution in [2.75, 3.05) is 0 Å². The molecule has 68 heavy (non-hydrogen) atoms. The first-order chi connectivity index (χ1) is 33.7. The van der Waals surface area contributed by atoms with Gasteiger partial charge in [0.1, 0.15) is 12.0 Å². The van der Waals surface area contributed by atoms with Crippen molar-refractivity contribution >= 4 is 55.0 Å². The molecule has 5 heteroatoms. The summed E-state index contributed by atoms with van der Waals surface area (Å²) in [6.45, 7) is 0. The molecule has 0 radical (unpaired) electrons. The van der Waals surface area contributed by atoms with E-state index in [4.69, 9.17) is 4.99 Å². The van der Waals surface area contributed by atoms with Crippen molar-refractivity contribution in [1.82, 2.24) is 19.8 Å². The monoisotopic (exact) mass is 873 g/mol. The van der Waals surface area contributed by atoms with Gasteiger partial charge in [-0.1, -0.05) is 218 Å². The SMILES string of the molecule is C1=CC(c2c(-c3ccc(-c4ccccc4)cc3)cccc2-n2c3ccccc3c3ccc4c5ccccc5n(C5NC(c6ccc(-c7ccccc7)cc6)=NC(c6ccccc6)N5)c4c32)=CCC1. The summed E-state index contributed by atoms with van der Waals surface area (Å²) in [4.78, 5) is 5.39. The summed E-state index contributed by atoms with van der Waals surface area (Å²) in [6.07, 6.45) is 8.43.